The van der Waals surface area contributed by atoms with Gasteiger partial charge in [-0.25, -0.2) is 13.6 Å². The maximum atomic E-state index is 13.6. The second kappa shape index (κ2) is 7.21. The van der Waals surface area contributed by atoms with Gasteiger partial charge >= 0.3 is 5.97 Å². The second-order valence-corrected chi connectivity index (χ2v) is 6.18. The molecule has 0 spiro atoms. The number of halogens is 2. The highest BCUT2D eigenvalue weighted by molar-refractivity contribution is 5.90. The number of rotatable bonds is 4. The van der Waals surface area contributed by atoms with E-state index in [1.807, 2.05) is 0 Å². The summed E-state index contributed by atoms with van der Waals surface area (Å²) in [5.74, 6) is -2.42. The minimum atomic E-state index is -1.13. The van der Waals surface area contributed by atoms with Gasteiger partial charge in [0.25, 0.3) is 5.91 Å². The normalized spacial score (nSPS) is 16.8. The molecule has 26 heavy (non-hydrogen) atoms. The van der Waals surface area contributed by atoms with Gasteiger partial charge in [0.1, 0.15) is 11.6 Å². The first kappa shape index (κ1) is 18.0. The number of benzene rings is 2. The van der Waals surface area contributed by atoms with Crippen molar-refractivity contribution in [3.8, 4) is 0 Å². The third kappa shape index (κ3) is 3.72. The summed E-state index contributed by atoms with van der Waals surface area (Å²) in [6.07, 6.45) is -0.490. The molecular weight excluding hydrogens is 344 g/mol. The van der Waals surface area contributed by atoms with E-state index < -0.39 is 29.7 Å². The third-order valence-electron chi connectivity index (χ3n) is 4.25. The van der Waals surface area contributed by atoms with Gasteiger partial charge in [-0.2, -0.15) is 0 Å². The molecule has 5 nitrogen and oxygen atoms in total. The molecule has 0 aliphatic carbocycles. The summed E-state index contributed by atoms with van der Waals surface area (Å²) in [6.45, 7) is 1.37. The first-order valence-corrected chi connectivity index (χ1v) is 8.11. The Hall–Kier alpha value is -2.80. The number of carbonyl (C=O) groups excluding carboxylic acids is 2. The lowest BCUT2D eigenvalue weighted by Gasteiger charge is -2.18. The zero-order chi connectivity index (χ0) is 18.8. The third-order valence-corrected chi connectivity index (χ3v) is 4.25. The molecule has 1 heterocycles. The van der Waals surface area contributed by atoms with E-state index in [2.05, 4.69) is 0 Å². The summed E-state index contributed by atoms with van der Waals surface area (Å²) in [4.78, 5) is 28.5. The highest BCUT2D eigenvalue weighted by atomic mass is 19.1. The van der Waals surface area contributed by atoms with Crippen LogP contribution in [0.25, 0.3) is 0 Å². The van der Waals surface area contributed by atoms with Crippen LogP contribution in [0, 0.1) is 18.6 Å². The molecule has 7 heteroatoms. The molecular formula is C19H17F2NO4. The maximum Gasteiger partial charge on any atom is 0.363 e. The lowest BCUT2D eigenvalue weighted by molar-refractivity contribution is -0.191. The molecule has 1 aliphatic rings. The van der Waals surface area contributed by atoms with Crippen molar-refractivity contribution >= 4 is 11.9 Å². The average molecular weight is 361 g/mol. The standard InChI is InChI=1S/C19H17F2NO4/c1-11-15(20)9-13(10-16(11)21)8-12-2-4-14(5-3-12)19(25)26-22-17(23)6-7-18(22)24/h2-5,9-10,17,23H,6-8H2,1H3. The Bertz CT molecular complexity index is 828. The monoisotopic (exact) mass is 361 g/mol. The van der Waals surface area contributed by atoms with Gasteiger partial charge in [-0.05, 0) is 48.7 Å². The van der Waals surface area contributed by atoms with Crippen molar-refractivity contribution in [2.75, 3.05) is 0 Å². The largest absolute Gasteiger partial charge is 0.370 e. The van der Waals surface area contributed by atoms with Crippen LogP contribution in [0.15, 0.2) is 36.4 Å². The Balaban J connectivity index is 1.68. The van der Waals surface area contributed by atoms with Crippen molar-refractivity contribution in [2.45, 2.75) is 32.4 Å². The van der Waals surface area contributed by atoms with E-state index in [1.54, 1.807) is 12.1 Å². The summed E-state index contributed by atoms with van der Waals surface area (Å²) in [6, 6.07) is 8.81. The topological polar surface area (TPSA) is 66.8 Å². The number of hydrogen-bond acceptors (Lipinski definition) is 4. The van der Waals surface area contributed by atoms with Gasteiger partial charge in [-0.15, -0.1) is 5.06 Å². The average Bonchev–Trinajstić information content (AvgIpc) is 2.92. The fourth-order valence-electron chi connectivity index (χ4n) is 2.69. The Kier molecular flexibility index (Phi) is 4.99. The molecule has 2 aromatic rings. The molecule has 136 valence electrons. The van der Waals surface area contributed by atoms with Gasteiger partial charge in [0, 0.05) is 18.4 Å². The van der Waals surface area contributed by atoms with Crippen LogP contribution in [0.4, 0.5) is 8.78 Å². The molecule has 1 amide bonds. The Labute approximate surface area is 148 Å². The summed E-state index contributed by atoms with van der Waals surface area (Å²) in [7, 11) is 0. The van der Waals surface area contributed by atoms with Crippen molar-refractivity contribution in [1.29, 1.82) is 0 Å². The molecule has 3 rings (SSSR count). The number of hydrogen-bond donors (Lipinski definition) is 1. The molecule has 0 aromatic heterocycles. The van der Waals surface area contributed by atoms with Gasteiger partial charge in [0.15, 0.2) is 6.23 Å². The molecule has 0 radical (unpaired) electrons. The van der Waals surface area contributed by atoms with Crippen LogP contribution in [-0.2, 0) is 16.1 Å². The summed E-state index contributed by atoms with van der Waals surface area (Å²) >= 11 is 0. The zero-order valence-electron chi connectivity index (χ0n) is 14.0. The quantitative estimate of drug-likeness (QED) is 0.909. The van der Waals surface area contributed by atoms with Crippen LogP contribution >= 0.6 is 0 Å². The minimum Gasteiger partial charge on any atom is -0.370 e. The fraction of sp³-hybridized carbons (Fsp3) is 0.263. The Morgan fingerprint density at radius 3 is 2.35 bits per heavy atom. The number of nitrogens with zero attached hydrogens (tertiary/aromatic N) is 1. The molecule has 1 unspecified atom stereocenters. The van der Waals surface area contributed by atoms with E-state index >= 15 is 0 Å². The van der Waals surface area contributed by atoms with Gasteiger partial charge < -0.3 is 9.94 Å². The maximum absolute atomic E-state index is 13.6. The smallest absolute Gasteiger partial charge is 0.363 e. The Morgan fingerprint density at radius 1 is 1.19 bits per heavy atom. The van der Waals surface area contributed by atoms with Crippen LogP contribution in [0.2, 0.25) is 0 Å². The first-order chi connectivity index (χ1) is 12.3. The summed E-state index contributed by atoms with van der Waals surface area (Å²) < 4.78 is 27.2. The number of aliphatic hydroxyl groups excluding tert-OH is 1. The van der Waals surface area contributed by atoms with E-state index in [0.29, 0.717) is 17.0 Å². The molecule has 1 aliphatic heterocycles. The van der Waals surface area contributed by atoms with Crippen LogP contribution in [0.1, 0.15) is 39.9 Å². The SMILES string of the molecule is Cc1c(F)cc(Cc2ccc(C(=O)ON3C(=O)CCC3O)cc2)cc1F. The van der Waals surface area contributed by atoms with Crippen LogP contribution < -0.4 is 0 Å². The van der Waals surface area contributed by atoms with Crippen LogP contribution in [-0.4, -0.2) is 28.3 Å². The highest BCUT2D eigenvalue weighted by Crippen LogP contribution is 2.20. The highest BCUT2D eigenvalue weighted by Gasteiger charge is 2.33. The van der Waals surface area contributed by atoms with Crippen molar-refractivity contribution in [3.63, 3.8) is 0 Å². The Morgan fingerprint density at radius 2 is 1.81 bits per heavy atom. The number of hydroxylamine groups is 2. The summed E-state index contributed by atoms with van der Waals surface area (Å²) in [5, 5.41) is 10.3. The molecule has 1 atom stereocenters. The van der Waals surface area contributed by atoms with Crippen LogP contribution in [0.5, 0.6) is 0 Å². The van der Waals surface area contributed by atoms with Gasteiger partial charge in [0.2, 0.25) is 0 Å². The van der Waals surface area contributed by atoms with E-state index in [0.717, 1.165) is 5.56 Å². The second-order valence-electron chi connectivity index (χ2n) is 6.18. The molecule has 0 bridgehead atoms. The zero-order valence-corrected chi connectivity index (χ0v) is 14.0. The number of carbonyl (C=O) groups is 2. The lowest BCUT2D eigenvalue weighted by atomic mass is 10.0. The predicted octanol–water partition coefficient (Wildman–Crippen LogP) is 2.88. The van der Waals surface area contributed by atoms with Crippen molar-refractivity contribution in [2.24, 2.45) is 0 Å². The van der Waals surface area contributed by atoms with E-state index in [4.69, 9.17) is 4.84 Å². The lowest BCUT2D eigenvalue weighted by Crippen LogP contribution is -2.35. The van der Waals surface area contributed by atoms with E-state index in [-0.39, 0.29) is 24.0 Å². The molecule has 1 saturated heterocycles. The molecule has 1 fully saturated rings. The van der Waals surface area contributed by atoms with Crippen molar-refractivity contribution < 1.29 is 28.3 Å². The summed E-state index contributed by atoms with van der Waals surface area (Å²) in [5.41, 5.74) is 1.40. The predicted molar refractivity (Wildman–Crippen MR) is 87.8 cm³/mol. The van der Waals surface area contributed by atoms with Crippen LogP contribution in [0.3, 0.4) is 0 Å². The number of amides is 1. The van der Waals surface area contributed by atoms with E-state index in [1.165, 1.54) is 31.2 Å². The first-order valence-electron chi connectivity index (χ1n) is 8.11. The van der Waals surface area contributed by atoms with Gasteiger partial charge in [-0.3, -0.25) is 4.79 Å². The van der Waals surface area contributed by atoms with Gasteiger partial charge in [0.05, 0.1) is 5.56 Å². The van der Waals surface area contributed by atoms with Crippen molar-refractivity contribution in [3.05, 3.63) is 70.3 Å². The molecule has 0 saturated carbocycles. The molecule has 2 aromatic carbocycles. The van der Waals surface area contributed by atoms with Gasteiger partial charge in [-0.1, -0.05) is 12.1 Å². The fourth-order valence-corrected chi connectivity index (χ4v) is 2.69. The molecule has 1 N–H and O–H groups in total. The van der Waals surface area contributed by atoms with Crippen molar-refractivity contribution in [1.82, 2.24) is 5.06 Å². The van der Waals surface area contributed by atoms with E-state index in [9.17, 15) is 23.5 Å². The minimum absolute atomic E-state index is 0.0227. The number of aliphatic hydroxyl groups is 1.